The van der Waals surface area contributed by atoms with Gasteiger partial charge in [-0.2, -0.15) is 0 Å². The zero-order valence-corrected chi connectivity index (χ0v) is 22.0. The van der Waals surface area contributed by atoms with E-state index in [1.807, 2.05) is 49.4 Å². The van der Waals surface area contributed by atoms with E-state index in [1.54, 1.807) is 29.0 Å². The Labute approximate surface area is 223 Å². The molecular weight excluding hydrogens is 482 g/mol. The number of carbonyl (C=O) groups excluding carboxylic acids is 3. The normalized spacial score (nSPS) is 29.4. The summed E-state index contributed by atoms with van der Waals surface area (Å²) in [4.78, 5) is 46.6. The van der Waals surface area contributed by atoms with Crippen molar-refractivity contribution in [3.05, 3.63) is 67.8 Å². The molecule has 38 heavy (non-hydrogen) atoms. The van der Waals surface area contributed by atoms with Crippen molar-refractivity contribution in [2.45, 2.75) is 37.0 Å². The van der Waals surface area contributed by atoms with Crippen molar-refractivity contribution in [3.8, 4) is 0 Å². The monoisotopic (exact) mass is 517 g/mol. The number of hydrogen-bond acceptors (Lipinski definition) is 5. The quantitative estimate of drug-likeness (QED) is 0.517. The first-order valence-corrected chi connectivity index (χ1v) is 13.1. The van der Waals surface area contributed by atoms with Gasteiger partial charge in [0.2, 0.25) is 11.8 Å². The third-order valence-electron chi connectivity index (χ3n) is 8.52. The molecule has 1 N–H and O–H groups in total. The first kappa shape index (κ1) is 26.1. The average molecular weight is 518 g/mol. The van der Waals surface area contributed by atoms with E-state index in [2.05, 4.69) is 13.2 Å². The van der Waals surface area contributed by atoms with Crippen LogP contribution in [-0.2, 0) is 19.1 Å². The van der Waals surface area contributed by atoms with E-state index in [1.165, 1.54) is 4.90 Å². The zero-order valence-electron chi connectivity index (χ0n) is 22.0. The number of hydrogen-bond donors (Lipinski definition) is 1. The van der Waals surface area contributed by atoms with Crippen molar-refractivity contribution in [1.29, 1.82) is 0 Å². The van der Waals surface area contributed by atoms with Crippen molar-refractivity contribution in [3.63, 3.8) is 0 Å². The van der Waals surface area contributed by atoms with Crippen LogP contribution >= 0.6 is 0 Å². The number of nitrogens with zero attached hydrogens (tertiary/aromatic N) is 3. The van der Waals surface area contributed by atoms with Gasteiger partial charge in [0, 0.05) is 32.4 Å². The molecule has 3 heterocycles. The predicted octanol–water partition coefficient (Wildman–Crippen LogP) is 2.76. The number of aliphatic hydroxyl groups excluding tert-OH is 1. The smallest absolute Gasteiger partial charge is 0.253 e. The molecule has 8 heteroatoms. The van der Waals surface area contributed by atoms with E-state index in [4.69, 9.17) is 4.74 Å². The molecule has 2 bridgehead atoms. The lowest BCUT2D eigenvalue weighted by Crippen LogP contribution is -2.57. The third kappa shape index (κ3) is 3.77. The second-order valence-corrected chi connectivity index (χ2v) is 10.8. The fraction of sp³-hybridized carbons (Fsp3) is 0.433. The Balaban J connectivity index is 1.58. The SMILES string of the molecule is C=CCN(C)C(=O)[C@@H]1[C@H]2C(=O)N(CCO)C(C(=O)N(CC=C)c3ccc4ccccc4c3)C23CC[C@@]1(C)O3. The number of amides is 3. The molecule has 5 atom stereocenters. The maximum atomic E-state index is 14.5. The van der Waals surface area contributed by atoms with Crippen LogP contribution in [0.3, 0.4) is 0 Å². The van der Waals surface area contributed by atoms with Crippen LogP contribution in [0.2, 0.25) is 0 Å². The highest BCUT2D eigenvalue weighted by Gasteiger charge is 2.78. The average Bonchev–Trinajstić information content (AvgIpc) is 3.47. The summed E-state index contributed by atoms with van der Waals surface area (Å²) >= 11 is 0. The second kappa shape index (κ2) is 9.67. The van der Waals surface area contributed by atoms with Crippen molar-refractivity contribution in [2.75, 3.05) is 38.2 Å². The first-order valence-electron chi connectivity index (χ1n) is 13.1. The Morgan fingerprint density at radius 3 is 2.50 bits per heavy atom. The summed E-state index contributed by atoms with van der Waals surface area (Å²) < 4.78 is 6.66. The number of aliphatic hydroxyl groups is 1. The molecule has 3 aliphatic rings. The minimum Gasteiger partial charge on any atom is -0.395 e. The van der Waals surface area contributed by atoms with Gasteiger partial charge in [-0.05, 0) is 42.7 Å². The van der Waals surface area contributed by atoms with Crippen LogP contribution in [-0.4, -0.2) is 83.2 Å². The molecule has 3 saturated heterocycles. The minimum atomic E-state index is -1.15. The molecule has 3 aliphatic heterocycles. The summed E-state index contributed by atoms with van der Waals surface area (Å²) in [6.45, 7) is 9.72. The third-order valence-corrected chi connectivity index (χ3v) is 8.52. The molecule has 0 aliphatic carbocycles. The van der Waals surface area contributed by atoms with Crippen LogP contribution in [0.4, 0.5) is 5.69 Å². The van der Waals surface area contributed by atoms with Gasteiger partial charge in [0.15, 0.2) is 0 Å². The van der Waals surface area contributed by atoms with Crippen LogP contribution in [0, 0.1) is 11.8 Å². The lowest BCUT2D eigenvalue weighted by molar-refractivity contribution is -0.149. The standard InChI is InChI=1S/C30H35N3O5/c1-5-15-31(4)26(35)23-24-27(36)33(17-18-34)25(30(24)14-13-29(23,3)38-30)28(37)32(16-6-2)22-12-11-20-9-7-8-10-21(20)19-22/h5-12,19,23-25,34H,1-2,13-18H2,3-4H3/t23-,24-,25?,29+,30?/m0/s1. The van der Waals surface area contributed by atoms with E-state index in [0.717, 1.165) is 10.8 Å². The Morgan fingerprint density at radius 2 is 1.82 bits per heavy atom. The van der Waals surface area contributed by atoms with E-state index in [-0.39, 0.29) is 37.4 Å². The molecular formula is C30H35N3O5. The number of ether oxygens (including phenoxy) is 1. The largest absolute Gasteiger partial charge is 0.395 e. The number of likely N-dealkylation sites (N-methyl/N-ethyl adjacent to an activating group) is 1. The van der Waals surface area contributed by atoms with Crippen LogP contribution in [0.15, 0.2) is 67.8 Å². The molecule has 200 valence electrons. The van der Waals surface area contributed by atoms with E-state index in [0.29, 0.717) is 25.1 Å². The number of carbonyl (C=O) groups is 3. The Kier molecular flexibility index (Phi) is 6.65. The summed E-state index contributed by atoms with van der Waals surface area (Å²) in [6, 6.07) is 12.7. The fourth-order valence-corrected chi connectivity index (χ4v) is 6.89. The highest BCUT2D eigenvalue weighted by Crippen LogP contribution is 2.63. The molecule has 1 spiro atoms. The first-order chi connectivity index (χ1) is 18.2. The van der Waals surface area contributed by atoms with Gasteiger partial charge in [-0.3, -0.25) is 14.4 Å². The van der Waals surface area contributed by atoms with Gasteiger partial charge in [0.05, 0.1) is 24.0 Å². The zero-order chi connectivity index (χ0) is 27.2. The summed E-state index contributed by atoms with van der Waals surface area (Å²) in [5.41, 5.74) is -1.32. The number of benzene rings is 2. The number of rotatable bonds is 9. The van der Waals surface area contributed by atoms with Crippen molar-refractivity contribution < 1.29 is 24.2 Å². The van der Waals surface area contributed by atoms with Gasteiger partial charge in [-0.15, -0.1) is 13.2 Å². The molecule has 8 nitrogen and oxygen atoms in total. The minimum absolute atomic E-state index is 0.0172. The summed E-state index contributed by atoms with van der Waals surface area (Å²) in [7, 11) is 1.69. The predicted molar refractivity (Wildman–Crippen MR) is 145 cm³/mol. The summed E-state index contributed by atoms with van der Waals surface area (Å²) in [5, 5.41) is 11.9. The van der Waals surface area contributed by atoms with Crippen LogP contribution in [0.5, 0.6) is 0 Å². The number of anilines is 1. The van der Waals surface area contributed by atoms with Crippen molar-refractivity contribution in [2.24, 2.45) is 11.8 Å². The van der Waals surface area contributed by atoms with Crippen LogP contribution in [0.25, 0.3) is 10.8 Å². The molecule has 0 radical (unpaired) electrons. The molecule has 5 rings (SSSR count). The highest BCUT2D eigenvalue weighted by atomic mass is 16.5. The van der Waals surface area contributed by atoms with Crippen molar-refractivity contribution >= 4 is 34.2 Å². The number of β-amino-alcohol motifs (C(OH)–C–C–N with tert-alkyl or cyclic N) is 1. The van der Waals surface area contributed by atoms with Gasteiger partial charge in [0.25, 0.3) is 5.91 Å². The second-order valence-electron chi connectivity index (χ2n) is 10.8. The molecule has 3 fully saturated rings. The fourth-order valence-electron chi connectivity index (χ4n) is 6.89. The Bertz CT molecular complexity index is 1310. The lowest BCUT2D eigenvalue weighted by Gasteiger charge is -2.36. The van der Waals surface area contributed by atoms with Gasteiger partial charge in [-0.1, -0.05) is 42.5 Å². The van der Waals surface area contributed by atoms with Gasteiger partial charge >= 0.3 is 0 Å². The van der Waals surface area contributed by atoms with E-state index in [9.17, 15) is 19.5 Å². The lowest BCUT2D eigenvalue weighted by atomic mass is 9.66. The Hall–Kier alpha value is -3.49. The summed E-state index contributed by atoms with van der Waals surface area (Å²) in [6.07, 6.45) is 4.33. The number of fused-ring (bicyclic) bond motifs is 2. The molecule has 3 amide bonds. The number of likely N-dealkylation sites (tertiary alicyclic amines) is 1. The Morgan fingerprint density at radius 1 is 1.11 bits per heavy atom. The maximum Gasteiger partial charge on any atom is 0.253 e. The topological polar surface area (TPSA) is 90.4 Å². The highest BCUT2D eigenvalue weighted by molar-refractivity contribution is 6.06. The van der Waals surface area contributed by atoms with E-state index < -0.39 is 29.1 Å². The molecule has 2 aromatic carbocycles. The van der Waals surface area contributed by atoms with Gasteiger partial charge < -0.3 is 24.5 Å². The van der Waals surface area contributed by atoms with Crippen LogP contribution in [0.1, 0.15) is 19.8 Å². The molecule has 0 saturated carbocycles. The summed E-state index contributed by atoms with van der Waals surface area (Å²) in [5.74, 6) is -2.34. The van der Waals surface area contributed by atoms with Gasteiger partial charge in [0.1, 0.15) is 11.6 Å². The molecule has 0 aromatic heterocycles. The van der Waals surface area contributed by atoms with E-state index >= 15 is 0 Å². The molecule has 2 aromatic rings. The maximum absolute atomic E-state index is 14.5. The van der Waals surface area contributed by atoms with Crippen molar-refractivity contribution in [1.82, 2.24) is 9.80 Å². The molecule has 2 unspecified atom stereocenters. The van der Waals surface area contributed by atoms with Crippen LogP contribution < -0.4 is 4.90 Å². The van der Waals surface area contributed by atoms with Gasteiger partial charge in [-0.25, -0.2) is 0 Å².